The summed E-state index contributed by atoms with van der Waals surface area (Å²) in [6.45, 7) is 3.63. The topological polar surface area (TPSA) is 122 Å². The van der Waals surface area contributed by atoms with Crippen LogP contribution in [0.4, 0.5) is 10.5 Å². The van der Waals surface area contributed by atoms with Crippen molar-refractivity contribution >= 4 is 34.3 Å². The van der Waals surface area contributed by atoms with E-state index in [1.54, 1.807) is 48.5 Å². The molecule has 0 heterocycles. The molecule has 0 saturated heterocycles. The van der Waals surface area contributed by atoms with Crippen LogP contribution in [0.25, 0.3) is 10.8 Å². The molecule has 0 aliphatic carbocycles. The maximum absolute atomic E-state index is 12.9. The fourth-order valence-corrected chi connectivity index (χ4v) is 3.93. The van der Waals surface area contributed by atoms with Crippen LogP contribution in [-0.4, -0.2) is 40.8 Å². The third-order valence-electron chi connectivity index (χ3n) is 5.61. The minimum atomic E-state index is -1.05. The molecule has 36 heavy (non-hydrogen) atoms. The second-order valence-electron chi connectivity index (χ2n) is 8.12. The molecule has 188 valence electrons. The van der Waals surface area contributed by atoms with Crippen LogP contribution in [0.2, 0.25) is 0 Å². The first-order valence-electron chi connectivity index (χ1n) is 11.6. The Kier molecular flexibility index (Phi) is 9.19. The Balaban J connectivity index is 1.93. The second-order valence-corrected chi connectivity index (χ2v) is 8.12. The van der Waals surface area contributed by atoms with Crippen LogP contribution in [0.3, 0.4) is 0 Å². The summed E-state index contributed by atoms with van der Waals surface area (Å²) in [5.41, 5.74) is 1.62. The molecule has 0 radical (unpaired) electrons. The van der Waals surface area contributed by atoms with Crippen LogP contribution >= 0.6 is 0 Å². The van der Waals surface area contributed by atoms with E-state index in [4.69, 9.17) is 14.6 Å². The van der Waals surface area contributed by atoms with E-state index in [9.17, 15) is 19.5 Å². The number of fused-ring (bicyclic) bond motifs is 1. The predicted molar refractivity (Wildman–Crippen MR) is 136 cm³/mol. The lowest BCUT2D eigenvalue weighted by atomic mass is 9.94. The van der Waals surface area contributed by atoms with Crippen molar-refractivity contribution in [2.75, 3.05) is 11.9 Å². The highest BCUT2D eigenvalue weighted by molar-refractivity contribution is 5.95. The molecule has 3 aromatic carbocycles. The van der Waals surface area contributed by atoms with Gasteiger partial charge in [-0.15, -0.1) is 0 Å². The number of benzene rings is 3. The van der Waals surface area contributed by atoms with Crippen molar-refractivity contribution in [3.8, 4) is 5.75 Å². The van der Waals surface area contributed by atoms with Gasteiger partial charge in [-0.2, -0.15) is 0 Å². The SMILES string of the molecule is CCO[C@H](CC/C=C/C(=O)O)[C@H](OC(=O)Nc1ccc(C(C)=O)cc1)c1ccc(O)c2ccccc12. The summed E-state index contributed by atoms with van der Waals surface area (Å²) in [4.78, 5) is 35.3. The van der Waals surface area contributed by atoms with Gasteiger partial charge in [0.05, 0.1) is 6.10 Å². The molecule has 0 aliphatic rings. The number of carbonyl (C=O) groups is 3. The van der Waals surface area contributed by atoms with Crippen LogP contribution in [0.1, 0.15) is 48.7 Å². The Morgan fingerprint density at radius 3 is 2.33 bits per heavy atom. The molecular weight excluding hydrogens is 462 g/mol. The lowest BCUT2D eigenvalue weighted by molar-refractivity contribution is -0.131. The molecule has 1 amide bonds. The van der Waals surface area contributed by atoms with Gasteiger partial charge in [0.2, 0.25) is 0 Å². The summed E-state index contributed by atoms with van der Waals surface area (Å²) in [6, 6.07) is 16.9. The van der Waals surface area contributed by atoms with E-state index in [2.05, 4.69) is 5.32 Å². The fourth-order valence-electron chi connectivity index (χ4n) is 3.93. The highest BCUT2D eigenvalue weighted by Gasteiger charge is 2.29. The Morgan fingerprint density at radius 2 is 1.69 bits per heavy atom. The third kappa shape index (κ3) is 6.93. The van der Waals surface area contributed by atoms with Gasteiger partial charge in [-0.3, -0.25) is 10.1 Å². The number of carboxylic acid groups (broad SMARTS) is 1. The van der Waals surface area contributed by atoms with Gasteiger partial charge in [0, 0.05) is 34.9 Å². The van der Waals surface area contributed by atoms with Gasteiger partial charge in [-0.25, -0.2) is 9.59 Å². The van der Waals surface area contributed by atoms with Crippen LogP contribution in [0, 0.1) is 0 Å². The molecule has 0 fully saturated rings. The van der Waals surface area contributed by atoms with E-state index in [0.29, 0.717) is 47.0 Å². The monoisotopic (exact) mass is 491 g/mol. The Bertz CT molecular complexity index is 1250. The molecule has 3 aromatic rings. The summed E-state index contributed by atoms with van der Waals surface area (Å²) in [5, 5.41) is 23.2. The molecule has 0 aromatic heterocycles. The Labute approximate surface area is 209 Å². The Morgan fingerprint density at radius 1 is 1.00 bits per heavy atom. The predicted octanol–water partition coefficient (Wildman–Crippen LogP) is 5.86. The van der Waals surface area contributed by atoms with Gasteiger partial charge in [-0.05, 0) is 62.4 Å². The van der Waals surface area contributed by atoms with Crippen molar-refractivity contribution in [1.82, 2.24) is 0 Å². The number of ketones is 1. The van der Waals surface area contributed by atoms with E-state index in [0.717, 1.165) is 6.08 Å². The van der Waals surface area contributed by atoms with Gasteiger partial charge in [-0.1, -0.05) is 36.4 Å². The lowest BCUT2D eigenvalue weighted by Gasteiger charge is -2.28. The summed E-state index contributed by atoms with van der Waals surface area (Å²) in [6.07, 6.45) is 1.19. The number of aliphatic carboxylic acids is 1. The fraction of sp³-hybridized carbons (Fsp3) is 0.250. The number of nitrogens with one attached hydrogen (secondary N) is 1. The molecular formula is C28H29NO7. The van der Waals surface area contributed by atoms with Crippen molar-refractivity contribution in [1.29, 1.82) is 0 Å². The molecule has 8 nitrogen and oxygen atoms in total. The smallest absolute Gasteiger partial charge is 0.412 e. The van der Waals surface area contributed by atoms with Crippen molar-refractivity contribution < 1.29 is 34.1 Å². The Hall–Kier alpha value is -4.17. The third-order valence-corrected chi connectivity index (χ3v) is 5.61. The van der Waals surface area contributed by atoms with Crippen molar-refractivity contribution in [2.24, 2.45) is 0 Å². The number of amides is 1. The number of phenols is 1. The number of Topliss-reactive ketones (excluding diaryl/α,β-unsaturated/α-hetero) is 1. The highest BCUT2D eigenvalue weighted by Crippen LogP contribution is 2.36. The van der Waals surface area contributed by atoms with E-state index >= 15 is 0 Å². The molecule has 0 bridgehead atoms. The molecule has 0 spiro atoms. The number of allylic oxidation sites excluding steroid dienone is 1. The first-order chi connectivity index (χ1) is 17.3. The summed E-state index contributed by atoms with van der Waals surface area (Å²) >= 11 is 0. The average molecular weight is 492 g/mol. The van der Waals surface area contributed by atoms with E-state index < -0.39 is 24.3 Å². The zero-order valence-electron chi connectivity index (χ0n) is 20.1. The molecule has 0 unspecified atom stereocenters. The normalized spacial score (nSPS) is 12.8. The first kappa shape index (κ1) is 26.4. The molecule has 3 N–H and O–H groups in total. The average Bonchev–Trinajstić information content (AvgIpc) is 2.85. The second kappa shape index (κ2) is 12.5. The van der Waals surface area contributed by atoms with E-state index in [1.807, 2.05) is 19.1 Å². The van der Waals surface area contributed by atoms with E-state index in [-0.39, 0.29) is 11.5 Å². The van der Waals surface area contributed by atoms with Crippen molar-refractivity contribution in [2.45, 2.75) is 38.9 Å². The van der Waals surface area contributed by atoms with Crippen LogP contribution in [0.5, 0.6) is 5.75 Å². The maximum Gasteiger partial charge on any atom is 0.412 e. The lowest BCUT2D eigenvalue weighted by Crippen LogP contribution is -2.29. The quantitative estimate of drug-likeness (QED) is 0.227. The number of carbonyl (C=O) groups excluding carboxylic acids is 2. The van der Waals surface area contributed by atoms with E-state index in [1.165, 1.54) is 13.0 Å². The number of phenolic OH excluding ortho intramolecular Hbond substituents is 1. The largest absolute Gasteiger partial charge is 0.507 e. The van der Waals surface area contributed by atoms with Gasteiger partial charge < -0.3 is 19.7 Å². The summed E-state index contributed by atoms with van der Waals surface area (Å²) in [7, 11) is 0. The van der Waals surface area contributed by atoms with Gasteiger partial charge >= 0.3 is 12.1 Å². The first-order valence-corrected chi connectivity index (χ1v) is 11.6. The highest BCUT2D eigenvalue weighted by atomic mass is 16.6. The number of rotatable bonds is 11. The number of carboxylic acids is 1. The van der Waals surface area contributed by atoms with Gasteiger partial charge in [0.15, 0.2) is 11.9 Å². The minimum absolute atomic E-state index is 0.0834. The van der Waals surface area contributed by atoms with Crippen molar-refractivity contribution in [3.63, 3.8) is 0 Å². The van der Waals surface area contributed by atoms with Gasteiger partial charge in [0.25, 0.3) is 0 Å². The zero-order chi connectivity index (χ0) is 26.1. The minimum Gasteiger partial charge on any atom is -0.507 e. The standard InChI is InChI=1S/C28H29NO7/c1-3-35-25(10-6-7-11-26(32)33)27(23-16-17-24(31)22-9-5-4-8-21(22)23)36-28(34)29-20-14-12-19(13-15-20)18(2)30/h4-5,7-9,11-17,25,27,31H,3,6,10H2,1-2H3,(H,29,34)(H,32,33)/b11-7+/t25-,27-/m1/s1. The molecule has 0 aliphatic heterocycles. The molecule has 3 rings (SSSR count). The van der Waals surface area contributed by atoms with Gasteiger partial charge in [0.1, 0.15) is 5.75 Å². The van der Waals surface area contributed by atoms with Crippen LogP contribution in [0.15, 0.2) is 72.8 Å². The molecule has 0 saturated carbocycles. The molecule has 2 atom stereocenters. The number of hydrogen-bond acceptors (Lipinski definition) is 6. The number of aromatic hydroxyl groups is 1. The molecule has 8 heteroatoms. The van der Waals surface area contributed by atoms with Crippen LogP contribution in [-0.2, 0) is 14.3 Å². The summed E-state index contributed by atoms with van der Waals surface area (Å²) in [5.74, 6) is -1.03. The zero-order valence-corrected chi connectivity index (χ0v) is 20.1. The number of hydrogen-bond donors (Lipinski definition) is 3. The summed E-state index contributed by atoms with van der Waals surface area (Å²) < 4.78 is 11.8. The number of anilines is 1. The van der Waals surface area contributed by atoms with Crippen LogP contribution < -0.4 is 5.32 Å². The van der Waals surface area contributed by atoms with Crippen molar-refractivity contribution in [3.05, 3.63) is 83.9 Å². The maximum atomic E-state index is 12.9. The number of ether oxygens (including phenoxy) is 2.